The van der Waals surface area contributed by atoms with Gasteiger partial charge in [-0.15, -0.1) is 0 Å². The maximum absolute atomic E-state index is 12.1. The molecule has 1 aromatic rings. The minimum absolute atomic E-state index is 0.101. The van der Waals surface area contributed by atoms with Crippen molar-refractivity contribution >= 4 is 5.91 Å². The summed E-state index contributed by atoms with van der Waals surface area (Å²) in [5.74, 6) is -0.136. The third-order valence-electron chi connectivity index (χ3n) is 3.10. The van der Waals surface area contributed by atoms with Crippen LogP contribution < -0.4 is 11.1 Å². The molecular formula is C14H22N2O2. The third-order valence-corrected chi connectivity index (χ3v) is 3.10. The second-order valence-electron chi connectivity index (χ2n) is 4.74. The van der Waals surface area contributed by atoms with E-state index in [-0.39, 0.29) is 30.4 Å². The van der Waals surface area contributed by atoms with Crippen molar-refractivity contribution < 1.29 is 9.90 Å². The van der Waals surface area contributed by atoms with Crippen molar-refractivity contribution in [2.75, 3.05) is 13.2 Å². The normalized spacial score (nSPS) is 14.3. The second-order valence-corrected chi connectivity index (χ2v) is 4.74. The Labute approximate surface area is 108 Å². The summed E-state index contributed by atoms with van der Waals surface area (Å²) in [6, 6.07) is 9.06. The summed E-state index contributed by atoms with van der Waals surface area (Å²) < 4.78 is 0. The maximum Gasteiger partial charge on any atom is 0.225 e. The zero-order valence-electron chi connectivity index (χ0n) is 11.0. The molecule has 1 aromatic carbocycles. The molecule has 1 rings (SSSR count). The van der Waals surface area contributed by atoms with Crippen LogP contribution in [-0.4, -0.2) is 24.2 Å². The largest absolute Gasteiger partial charge is 0.394 e. The van der Waals surface area contributed by atoms with E-state index in [0.717, 1.165) is 5.56 Å². The Morgan fingerprint density at radius 2 is 1.94 bits per heavy atom. The lowest BCUT2D eigenvalue weighted by atomic mass is 9.94. The zero-order valence-corrected chi connectivity index (χ0v) is 11.0. The summed E-state index contributed by atoms with van der Waals surface area (Å²) in [6.45, 7) is 4.13. The summed E-state index contributed by atoms with van der Waals surface area (Å²) in [5.41, 5.74) is 6.50. The predicted molar refractivity (Wildman–Crippen MR) is 71.8 cm³/mol. The van der Waals surface area contributed by atoms with E-state index in [0.29, 0.717) is 6.54 Å². The fraction of sp³-hybridized carbons (Fsp3) is 0.500. The molecule has 4 N–H and O–H groups in total. The number of benzene rings is 1. The average molecular weight is 250 g/mol. The molecule has 4 nitrogen and oxygen atoms in total. The van der Waals surface area contributed by atoms with Gasteiger partial charge >= 0.3 is 0 Å². The number of nitrogens with one attached hydrogen (secondary N) is 1. The van der Waals surface area contributed by atoms with Crippen LogP contribution in [0.5, 0.6) is 0 Å². The topological polar surface area (TPSA) is 75.4 Å². The number of rotatable bonds is 6. The number of carbonyl (C=O) groups is 1. The average Bonchev–Trinajstić information content (AvgIpc) is 2.37. The summed E-state index contributed by atoms with van der Waals surface area (Å²) in [7, 11) is 0. The van der Waals surface area contributed by atoms with Gasteiger partial charge in [0.05, 0.1) is 18.6 Å². The zero-order chi connectivity index (χ0) is 13.5. The smallest absolute Gasteiger partial charge is 0.225 e. The van der Waals surface area contributed by atoms with E-state index in [1.807, 2.05) is 44.2 Å². The molecule has 0 aliphatic heterocycles. The first-order valence-electron chi connectivity index (χ1n) is 6.26. The Kier molecular flexibility index (Phi) is 5.82. The van der Waals surface area contributed by atoms with Crippen LogP contribution in [-0.2, 0) is 4.79 Å². The quantitative estimate of drug-likeness (QED) is 0.707. The predicted octanol–water partition coefficient (Wildman–Crippen LogP) is 1.07. The second kappa shape index (κ2) is 7.13. The standard InChI is InChI=1S/C14H22N2O2/c1-10(2)12(8-15)14(18)16-13(9-17)11-6-4-3-5-7-11/h3-7,10,12-13,17H,8-9,15H2,1-2H3,(H,16,18)/t12?,13-/m1/s1. The Morgan fingerprint density at radius 1 is 1.33 bits per heavy atom. The Bertz CT molecular complexity index is 365. The van der Waals surface area contributed by atoms with Gasteiger partial charge in [0, 0.05) is 6.54 Å². The molecule has 0 saturated carbocycles. The summed E-state index contributed by atoms with van der Waals surface area (Å²) in [4.78, 5) is 12.1. The van der Waals surface area contributed by atoms with Gasteiger partial charge in [-0.1, -0.05) is 44.2 Å². The van der Waals surface area contributed by atoms with Gasteiger partial charge < -0.3 is 16.2 Å². The Hall–Kier alpha value is -1.39. The van der Waals surface area contributed by atoms with Gasteiger partial charge in [0.2, 0.25) is 5.91 Å². The maximum atomic E-state index is 12.1. The molecule has 100 valence electrons. The molecule has 0 heterocycles. The van der Waals surface area contributed by atoms with E-state index < -0.39 is 0 Å². The monoisotopic (exact) mass is 250 g/mol. The number of hydrogen-bond acceptors (Lipinski definition) is 3. The molecule has 0 aliphatic carbocycles. The fourth-order valence-electron chi connectivity index (χ4n) is 1.88. The van der Waals surface area contributed by atoms with E-state index in [1.54, 1.807) is 0 Å². The highest BCUT2D eigenvalue weighted by molar-refractivity contribution is 5.79. The van der Waals surface area contributed by atoms with Crippen molar-refractivity contribution in [1.29, 1.82) is 0 Å². The molecule has 18 heavy (non-hydrogen) atoms. The Balaban J connectivity index is 2.72. The molecule has 0 bridgehead atoms. The molecule has 1 unspecified atom stereocenters. The van der Waals surface area contributed by atoms with Gasteiger partial charge in [-0.2, -0.15) is 0 Å². The number of nitrogens with two attached hydrogens (primary N) is 1. The fourth-order valence-corrected chi connectivity index (χ4v) is 1.88. The van der Waals surface area contributed by atoms with Gasteiger partial charge in [-0.05, 0) is 11.5 Å². The minimum Gasteiger partial charge on any atom is -0.394 e. The molecular weight excluding hydrogens is 228 g/mol. The van der Waals surface area contributed by atoms with E-state index in [4.69, 9.17) is 5.73 Å². The van der Waals surface area contributed by atoms with Crippen LogP contribution in [0.1, 0.15) is 25.5 Å². The number of aliphatic hydroxyl groups excluding tert-OH is 1. The highest BCUT2D eigenvalue weighted by Gasteiger charge is 2.23. The van der Waals surface area contributed by atoms with Gasteiger partial charge in [-0.3, -0.25) is 4.79 Å². The minimum atomic E-state index is -0.369. The summed E-state index contributed by atoms with van der Waals surface area (Å²) in [5, 5.41) is 12.2. The van der Waals surface area contributed by atoms with Gasteiger partial charge in [-0.25, -0.2) is 0 Å². The van der Waals surface area contributed by atoms with E-state index in [9.17, 15) is 9.90 Å². The van der Waals surface area contributed by atoms with Crippen molar-refractivity contribution in [2.24, 2.45) is 17.6 Å². The molecule has 0 aromatic heterocycles. The lowest BCUT2D eigenvalue weighted by molar-refractivity contribution is -0.127. The highest BCUT2D eigenvalue weighted by Crippen LogP contribution is 2.15. The Morgan fingerprint density at radius 3 is 2.39 bits per heavy atom. The molecule has 0 saturated heterocycles. The van der Waals surface area contributed by atoms with Crippen molar-refractivity contribution in [3.63, 3.8) is 0 Å². The van der Waals surface area contributed by atoms with Crippen molar-refractivity contribution in [1.82, 2.24) is 5.32 Å². The molecule has 0 aliphatic rings. The van der Waals surface area contributed by atoms with Crippen LogP contribution in [0.3, 0.4) is 0 Å². The van der Waals surface area contributed by atoms with Gasteiger partial charge in [0.15, 0.2) is 0 Å². The summed E-state index contributed by atoms with van der Waals surface area (Å²) in [6.07, 6.45) is 0. The lowest BCUT2D eigenvalue weighted by Crippen LogP contribution is -2.40. The van der Waals surface area contributed by atoms with Crippen LogP contribution >= 0.6 is 0 Å². The number of amides is 1. The van der Waals surface area contributed by atoms with E-state index >= 15 is 0 Å². The number of aliphatic hydroxyl groups is 1. The van der Waals surface area contributed by atoms with Gasteiger partial charge in [0.1, 0.15) is 0 Å². The molecule has 2 atom stereocenters. The lowest BCUT2D eigenvalue weighted by Gasteiger charge is -2.23. The highest BCUT2D eigenvalue weighted by atomic mass is 16.3. The van der Waals surface area contributed by atoms with E-state index in [2.05, 4.69) is 5.32 Å². The van der Waals surface area contributed by atoms with Crippen molar-refractivity contribution in [3.05, 3.63) is 35.9 Å². The van der Waals surface area contributed by atoms with Gasteiger partial charge in [0.25, 0.3) is 0 Å². The third kappa shape index (κ3) is 3.82. The summed E-state index contributed by atoms with van der Waals surface area (Å²) >= 11 is 0. The van der Waals surface area contributed by atoms with Crippen LogP contribution in [0.15, 0.2) is 30.3 Å². The van der Waals surface area contributed by atoms with Crippen LogP contribution in [0.2, 0.25) is 0 Å². The first-order valence-corrected chi connectivity index (χ1v) is 6.26. The first kappa shape index (κ1) is 14.7. The SMILES string of the molecule is CC(C)C(CN)C(=O)N[C@H](CO)c1ccccc1. The molecule has 1 amide bonds. The molecule has 0 fully saturated rings. The number of hydrogen-bond donors (Lipinski definition) is 3. The van der Waals surface area contributed by atoms with Crippen LogP contribution in [0, 0.1) is 11.8 Å². The first-order chi connectivity index (χ1) is 8.60. The van der Waals surface area contributed by atoms with Crippen molar-refractivity contribution in [3.8, 4) is 0 Å². The molecule has 4 heteroatoms. The van der Waals surface area contributed by atoms with Crippen molar-refractivity contribution in [2.45, 2.75) is 19.9 Å². The van der Waals surface area contributed by atoms with Crippen LogP contribution in [0.25, 0.3) is 0 Å². The molecule has 0 radical (unpaired) electrons. The number of carbonyl (C=O) groups excluding carboxylic acids is 1. The molecule has 0 spiro atoms. The van der Waals surface area contributed by atoms with Crippen LogP contribution in [0.4, 0.5) is 0 Å². The van der Waals surface area contributed by atoms with E-state index in [1.165, 1.54) is 0 Å².